The zero-order valence-electron chi connectivity index (χ0n) is 8.22. The van der Waals surface area contributed by atoms with Gasteiger partial charge in [0.1, 0.15) is 9.36 Å². The first-order valence-corrected chi connectivity index (χ1v) is 6.21. The van der Waals surface area contributed by atoms with E-state index >= 15 is 0 Å². The minimum atomic E-state index is -0.151. The van der Waals surface area contributed by atoms with E-state index in [1.807, 2.05) is 0 Å². The van der Waals surface area contributed by atoms with Crippen LogP contribution in [0.15, 0.2) is 4.79 Å². The quantitative estimate of drug-likeness (QED) is 0.796. The lowest BCUT2D eigenvalue weighted by atomic mass is 10.1. The predicted molar refractivity (Wildman–Crippen MR) is 62.8 cm³/mol. The highest BCUT2D eigenvalue weighted by Gasteiger charge is 2.16. The Bertz CT molecular complexity index is 358. The molecule has 0 aliphatic heterocycles. The zero-order chi connectivity index (χ0) is 10.7. The van der Waals surface area contributed by atoms with E-state index in [1.54, 1.807) is 3.96 Å². The Labute approximate surface area is 97.6 Å². The van der Waals surface area contributed by atoms with Crippen molar-refractivity contribution in [2.24, 2.45) is 0 Å². The van der Waals surface area contributed by atoms with Crippen molar-refractivity contribution in [2.75, 3.05) is 0 Å². The summed E-state index contributed by atoms with van der Waals surface area (Å²) in [7, 11) is 0. The van der Waals surface area contributed by atoms with Gasteiger partial charge >= 0.3 is 0 Å². The lowest BCUT2D eigenvalue weighted by Crippen LogP contribution is -2.18. The third kappa shape index (κ3) is 2.33. The van der Waals surface area contributed by atoms with Gasteiger partial charge in [-0.15, -0.1) is 0 Å². The second-order valence-electron chi connectivity index (χ2n) is 3.16. The van der Waals surface area contributed by atoms with Crippen LogP contribution in [0.5, 0.6) is 0 Å². The van der Waals surface area contributed by atoms with Gasteiger partial charge in [-0.2, -0.15) is 0 Å². The topological polar surface area (TPSA) is 22.0 Å². The first kappa shape index (κ1) is 12.1. The molecule has 0 aromatic carbocycles. The Hall–Kier alpha value is 0.01000. The van der Waals surface area contributed by atoms with Crippen LogP contribution in [0.2, 0.25) is 9.36 Å². The van der Waals surface area contributed by atoms with Crippen molar-refractivity contribution in [2.45, 2.75) is 39.2 Å². The third-order valence-electron chi connectivity index (χ3n) is 2.16. The summed E-state index contributed by atoms with van der Waals surface area (Å²) in [4.78, 5) is 11.6. The Morgan fingerprint density at radius 3 is 2.43 bits per heavy atom. The Morgan fingerprint density at radius 2 is 2.07 bits per heavy atom. The molecule has 14 heavy (non-hydrogen) atoms. The van der Waals surface area contributed by atoms with Crippen molar-refractivity contribution >= 4 is 34.7 Å². The highest BCUT2D eigenvalue weighted by molar-refractivity contribution is 7.11. The zero-order valence-corrected chi connectivity index (χ0v) is 10.5. The van der Waals surface area contributed by atoms with Crippen molar-refractivity contribution in [1.29, 1.82) is 0 Å². The van der Waals surface area contributed by atoms with E-state index in [9.17, 15) is 4.79 Å². The van der Waals surface area contributed by atoms with Gasteiger partial charge in [0.25, 0.3) is 5.56 Å². The summed E-state index contributed by atoms with van der Waals surface area (Å²) >= 11 is 12.8. The van der Waals surface area contributed by atoms with Crippen molar-refractivity contribution in [1.82, 2.24) is 3.96 Å². The minimum Gasteiger partial charge on any atom is -0.267 e. The van der Waals surface area contributed by atoms with Crippen LogP contribution in [0.1, 0.15) is 39.2 Å². The molecule has 1 heterocycles. The van der Waals surface area contributed by atoms with Gasteiger partial charge in [0, 0.05) is 6.04 Å². The highest BCUT2D eigenvalue weighted by Crippen LogP contribution is 2.28. The maximum Gasteiger partial charge on any atom is 0.281 e. The van der Waals surface area contributed by atoms with Crippen LogP contribution >= 0.6 is 34.7 Å². The van der Waals surface area contributed by atoms with Crippen LogP contribution in [0, 0.1) is 0 Å². The molecule has 0 aliphatic rings. The molecule has 1 rings (SSSR count). The number of aromatic nitrogens is 1. The predicted octanol–water partition coefficient (Wildman–Crippen LogP) is 3.97. The van der Waals surface area contributed by atoms with Gasteiger partial charge in [0.05, 0.1) is 0 Å². The molecule has 0 spiro atoms. The van der Waals surface area contributed by atoms with E-state index in [2.05, 4.69) is 13.8 Å². The van der Waals surface area contributed by atoms with Crippen molar-refractivity contribution in [3.05, 3.63) is 19.7 Å². The standard InChI is InChI=1S/C9H13Cl2NOS/c1-3-5-6(4-2)12-9(13)7(10)8(11)14-12/h6H,3-5H2,1-2H3. The molecule has 0 N–H and O–H groups in total. The van der Waals surface area contributed by atoms with Crippen LogP contribution in [0.3, 0.4) is 0 Å². The Morgan fingerprint density at radius 1 is 1.43 bits per heavy atom. The lowest BCUT2D eigenvalue weighted by Gasteiger charge is -2.13. The summed E-state index contributed by atoms with van der Waals surface area (Å²) in [5, 5.41) is 0.159. The summed E-state index contributed by atoms with van der Waals surface area (Å²) < 4.78 is 2.08. The average molecular weight is 254 g/mol. The van der Waals surface area contributed by atoms with Crippen LogP contribution in [-0.2, 0) is 0 Å². The number of nitrogens with zero attached hydrogens (tertiary/aromatic N) is 1. The summed E-state index contributed by atoms with van der Waals surface area (Å²) in [6, 6.07) is 0.238. The summed E-state index contributed by atoms with van der Waals surface area (Å²) in [6.45, 7) is 4.17. The molecule has 0 bridgehead atoms. The van der Waals surface area contributed by atoms with Gasteiger partial charge in [0.15, 0.2) is 0 Å². The molecule has 1 aromatic rings. The van der Waals surface area contributed by atoms with E-state index in [0.29, 0.717) is 4.34 Å². The van der Waals surface area contributed by atoms with E-state index in [1.165, 1.54) is 11.5 Å². The third-order valence-corrected chi connectivity index (χ3v) is 4.14. The van der Waals surface area contributed by atoms with E-state index in [4.69, 9.17) is 23.2 Å². The second kappa shape index (κ2) is 5.19. The number of hydrogen-bond donors (Lipinski definition) is 0. The average Bonchev–Trinajstić information content (AvgIpc) is 2.42. The van der Waals surface area contributed by atoms with E-state index in [0.717, 1.165) is 19.3 Å². The van der Waals surface area contributed by atoms with Crippen molar-refractivity contribution in [3.63, 3.8) is 0 Å². The molecule has 0 saturated carbocycles. The summed E-state index contributed by atoms with van der Waals surface area (Å²) in [5.41, 5.74) is -0.151. The fourth-order valence-corrected chi connectivity index (χ4v) is 2.88. The lowest BCUT2D eigenvalue weighted by molar-refractivity contribution is 0.467. The normalized spacial score (nSPS) is 13.1. The smallest absolute Gasteiger partial charge is 0.267 e. The first-order chi connectivity index (χ1) is 6.61. The van der Waals surface area contributed by atoms with Gasteiger partial charge in [-0.25, -0.2) is 0 Å². The summed E-state index contributed by atoms with van der Waals surface area (Å²) in [6.07, 6.45) is 2.97. The fourth-order valence-electron chi connectivity index (χ4n) is 1.41. The number of hydrogen-bond acceptors (Lipinski definition) is 2. The maximum atomic E-state index is 11.6. The molecule has 2 nitrogen and oxygen atoms in total. The van der Waals surface area contributed by atoms with Gasteiger partial charge in [-0.05, 0) is 24.4 Å². The second-order valence-corrected chi connectivity index (χ2v) is 5.12. The molecule has 80 valence electrons. The molecule has 1 atom stereocenters. The van der Waals surface area contributed by atoms with Crippen molar-refractivity contribution in [3.8, 4) is 0 Å². The molecular weight excluding hydrogens is 241 g/mol. The van der Waals surface area contributed by atoms with Crippen LogP contribution in [0.4, 0.5) is 0 Å². The molecular formula is C9H13Cl2NOS. The van der Waals surface area contributed by atoms with Gasteiger partial charge < -0.3 is 0 Å². The van der Waals surface area contributed by atoms with E-state index < -0.39 is 0 Å². The molecule has 0 fully saturated rings. The van der Waals surface area contributed by atoms with Gasteiger partial charge in [-0.3, -0.25) is 8.75 Å². The number of rotatable bonds is 4. The Balaban J connectivity index is 3.04. The van der Waals surface area contributed by atoms with Gasteiger partial charge in [0.2, 0.25) is 0 Å². The van der Waals surface area contributed by atoms with Gasteiger partial charge in [-0.1, -0.05) is 43.5 Å². The van der Waals surface area contributed by atoms with Crippen LogP contribution in [-0.4, -0.2) is 3.96 Å². The number of halogens is 2. The molecule has 1 unspecified atom stereocenters. The Kier molecular flexibility index (Phi) is 4.48. The first-order valence-electron chi connectivity index (χ1n) is 4.68. The fraction of sp³-hybridized carbons (Fsp3) is 0.667. The minimum absolute atomic E-state index is 0.151. The molecule has 0 radical (unpaired) electrons. The van der Waals surface area contributed by atoms with Crippen LogP contribution in [0.25, 0.3) is 0 Å². The SMILES string of the molecule is CCCC(CC)n1sc(Cl)c(Cl)c1=O. The maximum absolute atomic E-state index is 11.6. The summed E-state index contributed by atoms with van der Waals surface area (Å²) in [5.74, 6) is 0. The highest BCUT2D eigenvalue weighted by atomic mass is 35.5. The molecule has 0 saturated heterocycles. The van der Waals surface area contributed by atoms with Crippen LogP contribution < -0.4 is 5.56 Å². The molecule has 5 heteroatoms. The molecule has 0 aliphatic carbocycles. The van der Waals surface area contributed by atoms with Crippen molar-refractivity contribution < 1.29 is 0 Å². The monoisotopic (exact) mass is 253 g/mol. The molecule has 1 aromatic heterocycles. The molecule has 0 amide bonds. The largest absolute Gasteiger partial charge is 0.281 e. The van der Waals surface area contributed by atoms with E-state index in [-0.39, 0.29) is 16.6 Å².